The van der Waals surface area contributed by atoms with E-state index in [1.54, 1.807) is 0 Å². The number of aromatic nitrogens is 1. The van der Waals surface area contributed by atoms with Crippen molar-refractivity contribution in [1.29, 1.82) is 0 Å². The molecule has 100 valence electrons. The average molecular weight is 265 g/mol. The maximum absolute atomic E-state index is 5.43. The minimum absolute atomic E-state index is 0.666. The van der Waals surface area contributed by atoms with E-state index >= 15 is 0 Å². The van der Waals surface area contributed by atoms with E-state index in [2.05, 4.69) is 5.16 Å². The van der Waals surface area contributed by atoms with Crippen molar-refractivity contribution >= 4 is 0 Å². The third kappa shape index (κ3) is 2.57. The maximum atomic E-state index is 5.43. The Balaban J connectivity index is 1.86. The highest BCUT2D eigenvalue weighted by Crippen LogP contribution is 2.27. The molecular formula is C17H15NO2. The molecule has 0 amide bonds. The van der Waals surface area contributed by atoms with Crippen molar-refractivity contribution in [3.63, 3.8) is 0 Å². The van der Waals surface area contributed by atoms with E-state index in [1.807, 2.05) is 67.6 Å². The number of rotatable bonds is 4. The smallest absolute Gasteiger partial charge is 0.167 e. The van der Waals surface area contributed by atoms with Gasteiger partial charge >= 0.3 is 0 Å². The topological polar surface area (TPSA) is 35.3 Å². The highest BCUT2D eigenvalue weighted by atomic mass is 16.5. The molecule has 20 heavy (non-hydrogen) atoms. The second kappa shape index (κ2) is 5.61. The van der Waals surface area contributed by atoms with E-state index in [0.717, 1.165) is 28.3 Å². The summed E-state index contributed by atoms with van der Waals surface area (Å²) in [4.78, 5) is 0. The summed E-state index contributed by atoms with van der Waals surface area (Å²) in [6.07, 6.45) is 0. The van der Waals surface area contributed by atoms with Crippen molar-refractivity contribution in [3.8, 4) is 28.3 Å². The minimum Gasteiger partial charge on any atom is -0.494 e. The van der Waals surface area contributed by atoms with E-state index in [4.69, 9.17) is 9.26 Å². The largest absolute Gasteiger partial charge is 0.494 e. The zero-order valence-electron chi connectivity index (χ0n) is 11.2. The van der Waals surface area contributed by atoms with Crippen LogP contribution in [0.5, 0.6) is 5.75 Å². The van der Waals surface area contributed by atoms with E-state index in [-0.39, 0.29) is 0 Å². The minimum atomic E-state index is 0.666. The first-order valence-corrected chi connectivity index (χ1v) is 6.62. The van der Waals surface area contributed by atoms with Crippen LogP contribution in [0.4, 0.5) is 0 Å². The summed E-state index contributed by atoms with van der Waals surface area (Å²) in [7, 11) is 0. The van der Waals surface area contributed by atoms with Crippen LogP contribution < -0.4 is 4.74 Å². The lowest BCUT2D eigenvalue weighted by atomic mass is 10.1. The first-order valence-electron chi connectivity index (χ1n) is 6.62. The van der Waals surface area contributed by atoms with Crippen LogP contribution >= 0.6 is 0 Å². The van der Waals surface area contributed by atoms with Gasteiger partial charge in [0.2, 0.25) is 0 Å². The Bertz CT molecular complexity index is 672. The number of hydrogen-bond acceptors (Lipinski definition) is 3. The van der Waals surface area contributed by atoms with E-state index in [9.17, 15) is 0 Å². The van der Waals surface area contributed by atoms with Gasteiger partial charge in [-0.3, -0.25) is 0 Å². The van der Waals surface area contributed by atoms with Gasteiger partial charge in [-0.1, -0.05) is 35.5 Å². The Morgan fingerprint density at radius 1 is 0.950 bits per heavy atom. The summed E-state index contributed by atoms with van der Waals surface area (Å²) in [5.41, 5.74) is 2.88. The standard InChI is InChI=1S/C17H15NO2/c1-2-19-15-10-8-14(9-11-15)17-12-16(18-20-17)13-6-4-3-5-7-13/h3-12H,2H2,1H3. The van der Waals surface area contributed by atoms with Crippen LogP contribution in [0.1, 0.15) is 6.92 Å². The quantitative estimate of drug-likeness (QED) is 0.701. The highest BCUT2D eigenvalue weighted by Gasteiger charge is 2.08. The van der Waals surface area contributed by atoms with Crippen LogP contribution in [0.2, 0.25) is 0 Å². The van der Waals surface area contributed by atoms with Crippen molar-refractivity contribution in [2.75, 3.05) is 6.61 Å². The van der Waals surface area contributed by atoms with Crippen LogP contribution in [0.3, 0.4) is 0 Å². The molecule has 0 unspecified atom stereocenters. The molecule has 0 aliphatic heterocycles. The second-order valence-electron chi connectivity index (χ2n) is 4.40. The second-order valence-corrected chi connectivity index (χ2v) is 4.40. The van der Waals surface area contributed by atoms with Gasteiger partial charge in [-0.05, 0) is 31.2 Å². The number of benzene rings is 2. The normalized spacial score (nSPS) is 10.4. The fourth-order valence-corrected chi connectivity index (χ4v) is 2.04. The molecule has 3 aromatic rings. The monoisotopic (exact) mass is 265 g/mol. The molecule has 0 fully saturated rings. The van der Waals surface area contributed by atoms with Crippen LogP contribution in [0.25, 0.3) is 22.6 Å². The first-order chi connectivity index (χ1) is 9.86. The summed E-state index contributed by atoms with van der Waals surface area (Å²) in [6.45, 7) is 2.64. The molecule has 0 aliphatic rings. The molecule has 3 rings (SSSR count). The predicted molar refractivity (Wildman–Crippen MR) is 78.5 cm³/mol. The highest BCUT2D eigenvalue weighted by molar-refractivity contribution is 5.66. The van der Waals surface area contributed by atoms with Crippen molar-refractivity contribution in [2.24, 2.45) is 0 Å². The Hall–Kier alpha value is -2.55. The third-order valence-electron chi connectivity index (χ3n) is 3.03. The molecule has 0 aliphatic carbocycles. The van der Waals surface area contributed by atoms with Gasteiger partial charge < -0.3 is 9.26 Å². The molecule has 0 spiro atoms. The van der Waals surface area contributed by atoms with Gasteiger partial charge in [-0.15, -0.1) is 0 Å². The third-order valence-corrected chi connectivity index (χ3v) is 3.03. The van der Waals surface area contributed by atoms with E-state index in [0.29, 0.717) is 6.61 Å². The first kappa shape index (κ1) is 12.5. The molecule has 0 atom stereocenters. The van der Waals surface area contributed by atoms with E-state index < -0.39 is 0 Å². The number of hydrogen-bond donors (Lipinski definition) is 0. The van der Waals surface area contributed by atoms with Crippen LogP contribution in [-0.2, 0) is 0 Å². The Kier molecular flexibility index (Phi) is 3.50. The molecule has 0 saturated carbocycles. The van der Waals surface area contributed by atoms with Gasteiger partial charge in [-0.2, -0.15) is 0 Å². The van der Waals surface area contributed by atoms with Crippen molar-refractivity contribution in [2.45, 2.75) is 6.92 Å². The summed E-state index contributed by atoms with van der Waals surface area (Å²) in [6, 6.07) is 19.7. The van der Waals surface area contributed by atoms with Crippen LogP contribution in [0, 0.1) is 0 Å². The lowest BCUT2D eigenvalue weighted by Crippen LogP contribution is -1.90. The fraction of sp³-hybridized carbons (Fsp3) is 0.118. The molecule has 3 nitrogen and oxygen atoms in total. The molecular weight excluding hydrogens is 250 g/mol. The summed E-state index contributed by atoms with van der Waals surface area (Å²) < 4.78 is 10.8. The molecule has 1 heterocycles. The summed E-state index contributed by atoms with van der Waals surface area (Å²) in [5.74, 6) is 1.62. The Morgan fingerprint density at radius 3 is 2.40 bits per heavy atom. The number of ether oxygens (including phenoxy) is 1. The van der Waals surface area contributed by atoms with Crippen molar-refractivity contribution < 1.29 is 9.26 Å². The zero-order valence-corrected chi connectivity index (χ0v) is 11.2. The van der Waals surface area contributed by atoms with Crippen molar-refractivity contribution in [3.05, 3.63) is 60.7 Å². The fourth-order valence-electron chi connectivity index (χ4n) is 2.04. The summed E-state index contributed by atoms with van der Waals surface area (Å²) in [5, 5.41) is 4.12. The Labute approximate surface area is 117 Å². The lowest BCUT2D eigenvalue weighted by Gasteiger charge is -2.02. The molecule has 0 radical (unpaired) electrons. The average Bonchev–Trinajstić information content (AvgIpc) is 2.99. The lowest BCUT2D eigenvalue weighted by molar-refractivity contribution is 0.340. The van der Waals surface area contributed by atoms with Crippen LogP contribution in [-0.4, -0.2) is 11.8 Å². The van der Waals surface area contributed by atoms with Gasteiger partial charge in [0.05, 0.1) is 6.61 Å². The molecule has 1 aromatic heterocycles. The van der Waals surface area contributed by atoms with Crippen molar-refractivity contribution in [1.82, 2.24) is 5.16 Å². The van der Waals surface area contributed by atoms with Crippen LogP contribution in [0.15, 0.2) is 65.2 Å². The van der Waals surface area contributed by atoms with Gasteiger partial charge in [0.1, 0.15) is 11.4 Å². The van der Waals surface area contributed by atoms with Gasteiger partial charge in [0, 0.05) is 17.2 Å². The zero-order chi connectivity index (χ0) is 13.8. The molecule has 0 N–H and O–H groups in total. The van der Waals surface area contributed by atoms with Gasteiger partial charge in [0.15, 0.2) is 5.76 Å². The molecule has 0 bridgehead atoms. The molecule has 2 aromatic carbocycles. The van der Waals surface area contributed by atoms with E-state index in [1.165, 1.54) is 0 Å². The maximum Gasteiger partial charge on any atom is 0.167 e. The molecule has 3 heteroatoms. The molecule has 0 saturated heterocycles. The SMILES string of the molecule is CCOc1ccc(-c2cc(-c3ccccc3)no2)cc1. The van der Waals surface area contributed by atoms with Gasteiger partial charge in [0.25, 0.3) is 0 Å². The predicted octanol–water partition coefficient (Wildman–Crippen LogP) is 4.41. The number of nitrogens with zero attached hydrogens (tertiary/aromatic N) is 1. The summed E-state index contributed by atoms with van der Waals surface area (Å²) >= 11 is 0. The van der Waals surface area contributed by atoms with Gasteiger partial charge in [-0.25, -0.2) is 0 Å². The Morgan fingerprint density at radius 2 is 1.70 bits per heavy atom.